The van der Waals surface area contributed by atoms with Crippen molar-refractivity contribution in [2.75, 3.05) is 40.0 Å². The number of nitrogens with one attached hydrogen (secondary N) is 1. The van der Waals surface area contributed by atoms with Gasteiger partial charge in [0, 0.05) is 19.1 Å². The number of rotatable bonds is 6. The van der Waals surface area contributed by atoms with Crippen LogP contribution in [0.1, 0.15) is 26.2 Å². The molecule has 2 unspecified atom stereocenters. The van der Waals surface area contributed by atoms with Crippen molar-refractivity contribution in [1.82, 2.24) is 10.2 Å². The highest BCUT2D eigenvalue weighted by Gasteiger charge is 2.45. The molecule has 2 fully saturated rings. The van der Waals surface area contributed by atoms with Crippen molar-refractivity contribution < 1.29 is 9.84 Å². The van der Waals surface area contributed by atoms with Crippen LogP contribution in [0.25, 0.3) is 0 Å². The molecule has 0 radical (unpaired) electrons. The van der Waals surface area contributed by atoms with E-state index in [0.29, 0.717) is 12.0 Å². The van der Waals surface area contributed by atoms with Crippen molar-refractivity contribution in [3.05, 3.63) is 0 Å². The molecule has 2 N–H and O–H groups in total. The standard InChI is InChI=1S/C13H26N2O2/c1-3-12-8-17-7-6-15(12)9-13(10-16,14-2)11-4-5-11/h11-12,14,16H,3-10H2,1-2H3. The van der Waals surface area contributed by atoms with Gasteiger partial charge in [0.2, 0.25) is 0 Å². The van der Waals surface area contributed by atoms with Crippen LogP contribution in [0.15, 0.2) is 0 Å². The molecule has 0 aromatic heterocycles. The van der Waals surface area contributed by atoms with Crippen molar-refractivity contribution in [2.45, 2.75) is 37.8 Å². The minimum Gasteiger partial charge on any atom is -0.394 e. The first-order valence-electron chi connectivity index (χ1n) is 6.87. The molecule has 1 saturated heterocycles. The Morgan fingerprint density at radius 1 is 1.47 bits per heavy atom. The second-order valence-corrected chi connectivity index (χ2v) is 5.45. The van der Waals surface area contributed by atoms with Gasteiger partial charge in [-0.05, 0) is 32.2 Å². The SMILES string of the molecule is CCC1COCCN1CC(CO)(NC)C1CC1. The van der Waals surface area contributed by atoms with Crippen LogP contribution >= 0.6 is 0 Å². The van der Waals surface area contributed by atoms with E-state index >= 15 is 0 Å². The average Bonchev–Trinajstić information content (AvgIpc) is 3.21. The monoisotopic (exact) mass is 242 g/mol. The Labute approximate surface area is 104 Å². The lowest BCUT2D eigenvalue weighted by Gasteiger charge is -2.42. The zero-order valence-corrected chi connectivity index (χ0v) is 11.1. The third kappa shape index (κ3) is 2.81. The smallest absolute Gasteiger partial charge is 0.0628 e. The molecule has 17 heavy (non-hydrogen) atoms. The summed E-state index contributed by atoms with van der Waals surface area (Å²) in [6.45, 7) is 6.06. The van der Waals surface area contributed by atoms with E-state index in [-0.39, 0.29) is 12.1 Å². The number of likely N-dealkylation sites (N-methyl/N-ethyl adjacent to an activating group) is 1. The quantitative estimate of drug-likeness (QED) is 0.710. The number of hydrogen-bond donors (Lipinski definition) is 2. The normalized spacial score (nSPS) is 30.2. The van der Waals surface area contributed by atoms with Gasteiger partial charge in [0.1, 0.15) is 0 Å². The van der Waals surface area contributed by atoms with E-state index in [1.807, 2.05) is 7.05 Å². The lowest BCUT2D eigenvalue weighted by molar-refractivity contribution is -0.0299. The van der Waals surface area contributed by atoms with Crippen molar-refractivity contribution in [1.29, 1.82) is 0 Å². The molecule has 0 aromatic rings. The minimum absolute atomic E-state index is 0.0925. The number of ether oxygens (including phenoxy) is 1. The van der Waals surface area contributed by atoms with E-state index in [1.165, 1.54) is 12.8 Å². The molecule has 1 aliphatic carbocycles. The predicted octanol–water partition coefficient (Wildman–Crippen LogP) is 0.458. The molecule has 0 bridgehead atoms. The lowest BCUT2D eigenvalue weighted by atomic mass is 9.92. The highest BCUT2D eigenvalue weighted by Crippen LogP contribution is 2.40. The van der Waals surface area contributed by atoms with Crippen molar-refractivity contribution in [2.24, 2.45) is 5.92 Å². The first-order valence-corrected chi connectivity index (χ1v) is 6.87. The second-order valence-electron chi connectivity index (χ2n) is 5.45. The third-order valence-electron chi connectivity index (χ3n) is 4.44. The van der Waals surface area contributed by atoms with E-state index in [4.69, 9.17) is 4.74 Å². The summed E-state index contributed by atoms with van der Waals surface area (Å²) < 4.78 is 5.54. The summed E-state index contributed by atoms with van der Waals surface area (Å²) in [6.07, 6.45) is 3.63. The van der Waals surface area contributed by atoms with Crippen LogP contribution in [-0.4, -0.2) is 61.5 Å². The van der Waals surface area contributed by atoms with Crippen molar-refractivity contribution >= 4 is 0 Å². The Bertz CT molecular complexity index is 240. The molecular weight excluding hydrogens is 216 g/mol. The molecule has 1 heterocycles. The van der Waals surface area contributed by atoms with Gasteiger partial charge in [-0.3, -0.25) is 4.90 Å². The first kappa shape index (κ1) is 13.3. The molecule has 0 amide bonds. The van der Waals surface area contributed by atoms with Gasteiger partial charge in [-0.2, -0.15) is 0 Å². The average molecular weight is 242 g/mol. The fourth-order valence-corrected chi connectivity index (χ4v) is 2.94. The summed E-state index contributed by atoms with van der Waals surface area (Å²) in [7, 11) is 1.98. The van der Waals surface area contributed by atoms with E-state index in [0.717, 1.165) is 32.7 Å². The maximum absolute atomic E-state index is 9.76. The molecular formula is C13H26N2O2. The van der Waals surface area contributed by atoms with E-state index in [1.54, 1.807) is 0 Å². The zero-order chi connectivity index (χ0) is 12.3. The molecule has 100 valence electrons. The number of aliphatic hydroxyl groups excluding tert-OH is 1. The van der Waals surface area contributed by atoms with Gasteiger partial charge < -0.3 is 15.2 Å². The molecule has 4 nitrogen and oxygen atoms in total. The van der Waals surface area contributed by atoms with Crippen LogP contribution in [0, 0.1) is 5.92 Å². The number of hydrogen-bond acceptors (Lipinski definition) is 4. The second kappa shape index (κ2) is 5.65. The van der Waals surface area contributed by atoms with Crippen molar-refractivity contribution in [3.8, 4) is 0 Å². The van der Waals surface area contributed by atoms with Crippen LogP contribution in [0.2, 0.25) is 0 Å². The summed E-state index contributed by atoms with van der Waals surface area (Å²) in [4.78, 5) is 2.49. The fraction of sp³-hybridized carbons (Fsp3) is 1.00. The summed E-state index contributed by atoms with van der Waals surface area (Å²) in [5.74, 6) is 0.651. The topological polar surface area (TPSA) is 44.7 Å². The molecule has 2 rings (SSSR count). The van der Waals surface area contributed by atoms with Gasteiger partial charge in [-0.1, -0.05) is 6.92 Å². The molecule has 2 aliphatic rings. The molecule has 1 saturated carbocycles. The fourth-order valence-electron chi connectivity index (χ4n) is 2.94. The molecule has 0 spiro atoms. The number of aliphatic hydroxyl groups is 1. The van der Waals surface area contributed by atoms with Gasteiger partial charge in [0.25, 0.3) is 0 Å². The molecule has 2 atom stereocenters. The summed E-state index contributed by atoms with van der Waals surface area (Å²) in [5.41, 5.74) is -0.0925. The summed E-state index contributed by atoms with van der Waals surface area (Å²) >= 11 is 0. The zero-order valence-electron chi connectivity index (χ0n) is 11.1. The van der Waals surface area contributed by atoms with E-state index < -0.39 is 0 Å². The van der Waals surface area contributed by atoms with Crippen LogP contribution in [0.5, 0.6) is 0 Å². The predicted molar refractivity (Wildman–Crippen MR) is 68.1 cm³/mol. The molecule has 1 aliphatic heterocycles. The van der Waals surface area contributed by atoms with E-state index in [2.05, 4.69) is 17.1 Å². The highest BCUT2D eigenvalue weighted by molar-refractivity contribution is 5.03. The Morgan fingerprint density at radius 2 is 2.24 bits per heavy atom. The summed E-state index contributed by atoms with van der Waals surface area (Å²) in [5, 5.41) is 13.1. The van der Waals surface area contributed by atoms with Crippen LogP contribution in [-0.2, 0) is 4.74 Å². The largest absolute Gasteiger partial charge is 0.394 e. The van der Waals surface area contributed by atoms with Crippen LogP contribution in [0.4, 0.5) is 0 Å². The number of nitrogens with zero attached hydrogens (tertiary/aromatic N) is 1. The van der Waals surface area contributed by atoms with E-state index in [9.17, 15) is 5.11 Å². The Balaban J connectivity index is 2.00. The van der Waals surface area contributed by atoms with Gasteiger partial charge in [-0.25, -0.2) is 0 Å². The Kier molecular flexibility index (Phi) is 4.42. The van der Waals surface area contributed by atoms with Gasteiger partial charge in [-0.15, -0.1) is 0 Å². The molecule has 4 heteroatoms. The molecule has 0 aromatic carbocycles. The maximum atomic E-state index is 9.76. The Hall–Kier alpha value is -0.160. The Morgan fingerprint density at radius 3 is 2.76 bits per heavy atom. The maximum Gasteiger partial charge on any atom is 0.0628 e. The number of morpholine rings is 1. The van der Waals surface area contributed by atoms with Gasteiger partial charge in [0.05, 0.1) is 25.4 Å². The highest BCUT2D eigenvalue weighted by atomic mass is 16.5. The minimum atomic E-state index is -0.0925. The van der Waals surface area contributed by atoms with Gasteiger partial charge >= 0.3 is 0 Å². The summed E-state index contributed by atoms with van der Waals surface area (Å²) in [6, 6.07) is 0.516. The van der Waals surface area contributed by atoms with Crippen LogP contribution in [0.3, 0.4) is 0 Å². The first-order chi connectivity index (χ1) is 8.25. The van der Waals surface area contributed by atoms with Crippen LogP contribution < -0.4 is 5.32 Å². The van der Waals surface area contributed by atoms with Gasteiger partial charge in [0.15, 0.2) is 0 Å². The van der Waals surface area contributed by atoms with Crippen molar-refractivity contribution in [3.63, 3.8) is 0 Å². The lowest BCUT2D eigenvalue weighted by Crippen LogP contribution is -2.60. The third-order valence-corrected chi connectivity index (χ3v) is 4.44.